The maximum atomic E-state index is 12.2. The number of nitrogens with one attached hydrogen (secondary N) is 1. The highest BCUT2D eigenvalue weighted by atomic mass is 19.4. The van der Waals surface area contributed by atoms with Crippen LogP contribution in [0.5, 0.6) is 5.75 Å². The van der Waals surface area contributed by atoms with Crippen molar-refractivity contribution in [1.82, 2.24) is 5.32 Å². The Balaban J connectivity index is 2.81. The van der Waals surface area contributed by atoms with E-state index in [-0.39, 0.29) is 23.6 Å². The quantitative estimate of drug-likeness (QED) is 0.920. The Hall–Kier alpha value is -1.72. The van der Waals surface area contributed by atoms with Crippen molar-refractivity contribution in [2.75, 3.05) is 0 Å². The topological polar surface area (TPSA) is 38.3 Å². The van der Waals surface area contributed by atoms with Gasteiger partial charge in [-0.25, -0.2) is 0 Å². The number of para-hydroxylation sites is 1. The van der Waals surface area contributed by atoms with Gasteiger partial charge < -0.3 is 10.1 Å². The first kappa shape index (κ1) is 15.3. The van der Waals surface area contributed by atoms with Gasteiger partial charge >= 0.3 is 6.36 Å². The van der Waals surface area contributed by atoms with Crippen molar-refractivity contribution >= 4 is 5.91 Å². The first-order valence-electron chi connectivity index (χ1n) is 5.71. The van der Waals surface area contributed by atoms with Crippen LogP contribution in [0.2, 0.25) is 0 Å². The molecule has 1 aromatic carbocycles. The fourth-order valence-electron chi connectivity index (χ4n) is 1.51. The van der Waals surface area contributed by atoms with Crippen LogP contribution in [0.15, 0.2) is 24.3 Å². The third-order valence-electron chi connectivity index (χ3n) is 2.06. The van der Waals surface area contributed by atoms with E-state index in [1.54, 1.807) is 26.8 Å². The second-order valence-corrected chi connectivity index (χ2v) is 5.13. The van der Waals surface area contributed by atoms with Crippen LogP contribution in [0.4, 0.5) is 13.2 Å². The third-order valence-corrected chi connectivity index (χ3v) is 2.06. The highest BCUT2D eigenvalue weighted by Crippen LogP contribution is 2.26. The average Bonchev–Trinajstić information content (AvgIpc) is 2.15. The summed E-state index contributed by atoms with van der Waals surface area (Å²) in [6.07, 6.45) is -4.93. The van der Waals surface area contributed by atoms with E-state index in [4.69, 9.17) is 0 Å². The van der Waals surface area contributed by atoms with E-state index in [1.807, 2.05) is 0 Å². The Morgan fingerprint density at radius 2 is 1.79 bits per heavy atom. The predicted molar refractivity (Wildman–Crippen MR) is 64.7 cm³/mol. The molecule has 0 aliphatic heterocycles. The SMILES string of the molecule is CC(C)(C)NC(=O)Cc1ccccc1OC(F)(F)F. The van der Waals surface area contributed by atoms with Gasteiger partial charge in [-0.05, 0) is 26.8 Å². The van der Waals surface area contributed by atoms with E-state index in [1.165, 1.54) is 18.2 Å². The molecule has 0 fully saturated rings. The molecular formula is C13H16F3NO2. The molecule has 0 atom stereocenters. The highest BCUT2D eigenvalue weighted by Gasteiger charge is 2.32. The maximum absolute atomic E-state index is 12.2. The molecule has 0 spiro atoms. The Morgan fingerprint density at radius 1 is 1.21 bits per heavy atom. The summed E-state index contributed by atoms with van der Waals surface area (Å²) < 4.78 is 40.5. The summed E-state index contributed by atoms with van der Waals surface area (Å²) in [4.78, 5) is 11.7. The number of carbonyl (C=O) groups excluding carboxylic acids is 1. The van der Waals surface area contributed by atoms with Crippen molar-refractivity contribution in [3.8, 4) is 5.75 Å². The molecule has 106 valence electrons. The van der Waals surface area contributed by atoms with E-state index < -0.39 is 11.9 Å². The summed E-state index contributed by atoms with van der Waals surface area (Å²) >= 11 is 0. The predicted octanol–water partition coefficient (Wildman–Crippen LogP) is 3.04. The molecular weight excluding hydrogens is 259 g/mol. The molecule has 0 heterocycles. The van der Waals surface area contributed by atoms with Crippen LogP contribution in [0, 0.1) is 0 Å². The Morgan fingerprint density at radius 3 is 2.32 bits per heavy atom. The third kappa shape index (κ3) is 6.13. The number of hydrogen-bond acceptors (Lipinski definition) is 2. The van der Waals surface area contributed by atoms with Gasteiger partial charge in [0.1, 0.15) is 5.75 Å². The molecule has 0 unspecified atom stereocenters. The van der Waals surface area contributed by atoms with Gasteiger partial charge in [-0.3, -0.25) is 4.79 Å². The molecule has 19 heavy (non-hydrogen) atoms. The molecule has 0 saturated heterocycles. The summed E-state index contributed by atoms with van der Waals surface area (Å²) in [5, 5.41) is 2.68. The molecule has 0 aliphatic rings. The minimum absolute atomic E-state index is 0.163. The van der Waals surface area contributed by atoms with Crippen LogP contribution >= 0.6 is 0 Å². The molecule has 1 aromatic rings. The lowest BCUT2D eigenvalue weighted by Crippen LogP contribution is -2.41. The van der Waals surface area contributed by atoms with Crippen molar-refractivity contribution in [1.29, 1.82) is 0 Å². The minimum atomic E-state index is -4.77. The summed E-state index contributed by atoms with van der Waals surface area (Å²) in [5.41, 5.74) is -0.238. The van der Waals surface area contributed by atoms with Gasteiger partial charge in [-0.1, -0.05) is 18.2 Å². The number of benzene rings is 1. The molecule has 1 rings (SSSR count). The molecule has 1 amide bonds. The van der Waals surface area contributed by atoms with Crippen LogP contribution in [0.1, 0.15) is 26.3 Å². The summed E-state index contributed by atoms with van der Waals surface area (Å²) in [5.74, 6) is -0.704. The van der Waals surface area contributed by atoms with E-state index in [9.17, 15) is 18.0 Å². The monoisotopic (exact) mass is 275 g/mol. The largest absolute Gasteiger partial charge is 0.573 e. The van der Waals surface area contributed by atoms with Crippen molar-refractivity contribution in [3.05, 3.63) is 29.8 Å². The number of carbonyl (C=O) groups is 1. The number of ether oxygens (including phenoxy) is 1. The van der Waals surface area contributed by atoms with Gasteiger partial charge in [0, 0.05) is 11.1 Å². The zero-order chi connectivity index (χ0) is 14.7. The smallest absolute Gasteiger partial charge is 0.405 e. The first-order valence-corrected chi connectivity index (χ1v) is 5.71. The Labute approximate surface area is 109 Å². The van der Waals surface area contributed by atoms with Crippen molar-refractivity contribution in [2.45, 2.75) is 39.1 Å². The molecule has 0 bridgehead atoms. The van der Waals surface area contributed by atoms with Crippen molar-refractivity contribution in [2.24, 2.45) is 0 Å². The lowest BCUT2D eigenvalue weighted by molar-refractivity contribution is -0.274. The number of alkyl halides is 3. The van der Waals surface area contributed by atoms with Gasteiger partial charge in [-0.15, -0.1) is 13.2 Å². The van der Waals surface area contributed by atoms with Crippen LogP contribution in [0.25, 0.3) is 0 Å². The van der Waals surface area contributed by atoms with Crippen LogP contribution in [-0.4, -0.2) is 17.8 Å². The first-order chi connectivity index (χ1) is 8.57. The average molecular weight is 275 g/mol. The molecule has 0 saturated carbocycles. The van der Waals surface area contributed by atoms with E-state index in [2.05, 4.69) is 10.1 Å². The van der Waals surface area contributed by atoms with Gasteiger partial charge in [-0.2, -0.15) is 0 Å². The fraction of sp³-hybridized carbons (Fsp3) is 0.462. The lowest BCUT2D eigenvalue weighted by atomic mass is 10.1. The molecule has 0 aliphatic carbocycles. The van der Waals surface area contributed by atoms with Gasteiger partial charge in [0.15, 0.2) is 0 Å². The van der Waals surface area contributed by atoms with Crippen LogP contribution in [0.3, 0.4) is 0 Å². The number of hydrogen-bond donors (Lipinski definition) is 1. The fourth-order valence-corrected chi connectivity index (χ4v) is 1.51. The van der Waals surface area contributed by atoms with Gasteiger partial charge in [0.05, 0.1) is 6.42 Å². The van der Waals surface area contributed by atoms with Crippen LogP contribution < -0.4 is 10.1 Å². The minimum Gasteiger partial charge on any atom is -0.405 e. The standard InChI is InChI=1S/C13H16F3NO2/c1-12(2,3)17-11(18)8-9-6-4-5-7-10(9)19-13(14,15)16/h4-7H,8H2,1-3H3,(H,17,18). The Bertz CT molecular complexity index is 450. The van der Waals surface area contributed by atoms with Gasteiger partial charge in [0.2, 0.25) is 5.91 Å². The van der Waals surface area contributed by atoms with E-state index >= 15 is 0 Å². The number of rotatable bonds is 3. The van der Waals surface area contributed by atoms with Crippen molar-refractivity contribution < 1.29 is 22.7 Å². The maximum Gasteiger partial charge on any atom is 0.573 e. The van der Waals surface area contributed by atoms with Crippen LogP contribution in [-0.2, 0) is 11.2 Å². The summed E-state index contributed by atoms with van der Waals surface area (Å²) in [6, 6.07) is 5.60. The highest BCUT2D eigenvalue weighted by molar-refractivity contribution is 5.79. The van der Waals surface area contributed by atoms with Gasteiger partial charge in [0.25, 0.3) is 0 Å². The van der Waals surface area contributed by atoms with Crippen molar-refractivity contribution in [3.63, 3.8) is 0 Å². The zero-order valence-corrected chi connectivity index (χ0v) is 11.0. The summed E-state index contributed by atoms with van der Waals surface area (Å²) in [6.45, 7) is 5.38. The number of amides is 1. The zero-order valence-electron chi connectivity index (χ0n) is 11.0. The lowest BCUT2D eigenvalue weighted by Gasteiger charge is -2.21. The van der Waals surface area contributed by atoms with E-state index in [0.717, 1.165) is 0 Å². The normalized spacial score (nSPS) is 12.1. The Kier molecular flexibility index (Phi) is 4.44. The molecule has 0 radical (unpaired) electrons. The number of halogens is 3. The summed E-state index contributed by atoms with van der Waals surface area (Å²) in [7, 11) is 0. The second kappa shape index (κ2) is 5.50. The molecule has 0 aromatic heterocycles. The molecule has 6 heteroatoms. The van der Waals surface area contributed by atoms with E-state index in [0.29, 0.717) is 0 Å². The molecule has 3 nitrogen and oxygen atoms in total. The second-order valence-electron chi connectivity index (χ2n) is 5.13. The molecule has 1 N–H and O–H groups in total.